The van der Waals surface area contributed by atoms with Gasteiger partial charge in [-0.2, -0.15) is 0 Å². The number of aliphatic hydroxyl groups is 1. The minimum atomic E-state index is -0.740. The Morgan fingerprint density at radius 1 is 1.23 bits per heavy atom. The van der Waals surface area contributed by atoms with Crippen molar-refractivity contribution >= 4 is 40.4 Å². The molecule has 1 atom stereocenters. The van der Waals surface area contributed by atoms with Crippen LogP contribution >= 0.6 is 22.9 Å². The molecule has 3 aromatic rings. The van der Waals surface area contributed by atoms with Crippen LogP contribution in [-0.2, 0) is 16.1 Å². The van der Waals surface area contributed by atoms with E-state index in [2.05, 4.69) is 4.98 Å². The van der Waals surface area contributed by atoms with Gasteiger partial charge in [0.1, 0.15) is 11.5 Å². The molecule has 1 fully saturated rings. The predicted molar refractivity (Wildman–Crippen MR) is 119 cm³/mol. The fourth-order valence-corrected chi connectivity index (χ4v) is 4.45. The zero-order valence-electron chi connectivity index (χ0n) is 16.6. The van der Waals surface area contributed by atoms with Crippen LogP contribution in [0.3, 0.4) is 0 Å². The molecule has 0 bridgehead atoms. The van der Waals surface area contributed by atoms with Crippen molar-refractivity contribution in [3.8, 4) is 5.75 Å². The smallest absolute Gasteiger partial charge is 0.295 e. The van der Waals surface area contributed by atoms with Gasteiger partial charge < -0.3 is 14.7 Å². The van der Waals surface area contributed by atoms with Crippen LogP contribution in [0.25, 0.3) is 5.76 Å². The van der Waals surface area contributed by atoms with Crippen molar-refractivity contribution in [2.24, 2.45) is 0 Å². The first-order valence-corrected chi connectivity index (χ1v) is 10.9. The Morgan fingerprint density at radius 2 is 2.00 bits per heavy atom. The normalized spacial score (nSPS) is 17.9. The van der Waals surface area contributed by atoms with Gasteiger partial charge in [0.15, 0.2) is 0 Å². The first-order chi connectivity index (χ1) is 15.0. The standard InChI is InChI=1S/C23H19ClN2O4S/c1-2-30-18-12-15(5-6-17(18)24)21(27)19-20(14-7-9-25-10-8-14)26(23(29)22(19)28)13-16-4-3-11-31-16/h3-12,20,27H,2,13H2,1H3/b21-19-. The van der Waals surface area contributed by atoms with Crippen LogP contribution in [0.1, 0.15) is 29.0 Å². The van der Waals surface area contributed by atoms with E-state index in [0.717, 1.165) is 4.88 Å². The van der Waals surface area contributed by atoms with Gasteiger partial charge >= 0.3 is 0 Å². The number of aliphatic hydroxyl groups excluding tert-OH is 1. The fraction of sp³-hybridized carbons (Fsp3) is 0.174. The predicted octanol–water partition coefficient (Wildman–Crippen LogP) is 4.82. The van der Waals surface area contributed by atoms with Crippen LogP contribution in [0.4, 0.5) is 0 Å². The van der Waals surface area contributed by atoms with Crippen molar-refractivity contribution in [1.29, 1.82) is 0 Å². The third kappa shape index (κ3) is 4.06. The molecule has 1 saturated heterocycles. The molecule has 1 amide bonds. The maximum absolute atomic E-state index is 13.0. The van der Waals surface area contributed by atoms with Gasteiger partial charge in [-0.15, -0.1) is 11.3 Å². The summed E-state index contributed by atoms with van der Waals surface area (Å²) < 4.78 is 5.51. The Labute approximate surface area is 188 Å². The molecule has 0 aliphatic carbocycles. The van der Waals surface area contributed by atoms with E-state index in [4.69, 9.17) is 16.3 Å². The topological polar surface area (TPSA) is 79.7 Å². The Hall–Kier alpha value is -3.16. The van der Waals surface area contributed by atoms with Crippen molar-refractivity contribution in [3.63, 3.8) is 0 Å². The van der Waals surface area contributed by atoms with E-state index in [1.54, 1.807) is 42.7 Å². The highest BCUT2D eigenvalue weighted by Gasteiger charge is 2.46. The molecule has 3 heterocycles. The molecule has 0 spiro atoms. The fourth-order valence-electron chi connectivity index (χ4n) is 3.58. The molecular formula is C23H19ClN2O4S. The molecule has 6 nitrogen and oxygen atoms in total. The number of hydrogen-bond donors (Lipinski definition) is 1. The number of ether oxygens (including phenoxy) is 1. The highest BCUT2D eigenvalue weighted by atomic mass is 35.5. The molecule has 4 rings (SSSR count). The van der Waals surface area contributed by atoms with Gasteiger partial charge in [0.05, 0.1) is 29.8 Å². The Balaban J connectivity index is 1.85. The van der Waals surface area contributed by atoms with E-state index in [9.17, 15) is 14.7 Å². The van der Waals surface area contributed by atoms with Gasteiger partial charge in [-0.25, -0.2) is 0 Å². The number of aromatic nitrogens is 1. The minimum Gasteiger partial charge on any atom is -0.507 e. The summed E-state index contributed by atoms with van der Waals surface area (Å²) in [4.78, 5) is 32.4. The molecule has 1 aromatic carbocycles. The summed E-state index contributed by atoms with van der Waals surface area (Å²) in [6, 6.07) is 11.3. The van der Waals surface area contributed by atoms with Crippen molar-refractivity contribution in [2.45, 2.75) is 19.5 Å². The second-order valence-corrected chi connectivity index (χ2v) is 8.30. The average molecular weight is 455 g/mol. The number of halogens is 1. The maximum Gasteiger partial charge on any atom is 0.295 e. The quantitative estimate of drug-likeness (QED) is 0.328. The SMILES string of the molecule is CCOc1cc(/C(O)=C2/C(=O)C(=O)N(Cc3cccs3)C2c2ccncc2)ccc1Cl. The largest absolute Gasteiger partial charge is 0.507 e. The zero-order valence-corrected chi connectivity index (χ0v) is 18.2. The number of carbonyl (C=O) groups excluding carboxylic acids is 2. The van der Waals surface area contributed by atoms with Crippen molar-refractivity contribution in [1.82, 2.24) is 9.88 Å². The van der Waals surface area contributed by atoms with Gasteiger partial charge in [0.2, 0.25) is 0 Å². The molecule has 31 heavy (non-hydrogen) atoms. The molecule has 2 aromatic heterocycles. The third-order valence-corrected chi connectivity index (χ3v) is 6.15. The summed E-state index contributed by atoms with van der Waals surface area (Å²) in [5.41, 5.74) is 1.06. The number of benzene rings is 1. The number of amides is 1. The van der Waals surface area contributed by atoms with Crippen LogP contribution in [0.5, 0.6) is 5.75 Å². The highest BCUT2D eigenvalue weighted by Crippen LogP contribution is 2.41. The second kappa shape index (κ2) is 8.91. The lowest BCUT2D eigenvalue weighted by atomic mass is 9.96. The lowest BCUT2D eigenvalue weighted by Gasteiger charge is -2.24. The van der Waals surface area contributed by atoms with Crippen LogP contribution < -0.4 is 4.74 Å². The molecule has 0 radical (unpaired) electrons. The molecule has 0 saturated carbocycles. The number of rotatable bonds is 6. The summed E-state index contributed by atoms with van der Waals surface area (Å²) in [6.45, 7) is 2.48. The summed E-state index contributed by atoms with van der Waals surface area (Å²) in [6.07, 6.45) is 3.19. The van der Waals surface area contributed by atoms with Crippen molar-refractivity contribution in [3.05, 3.63) is 86.8 Å². The van der Waals surface area contributed by atoms with Gasteiger partial charge in [-0.3, -0.25) is 14.6 Å². The molecule has 158 valence electrons. The number of Topliss-reactive ketones (excluding diaryl/α,β-unsaturated/α-hetero) is 1. The van der Waals surface area contributed by atoms with Crippen molar-refractivity contribution < 1.29 is 19.4 Å². The van der Waals surface area contributed by atoms with Gasteiger partial charge in [0, 0.05) is 22.8 Å². The Kier molecular flexibility index (Phi) is 6.06. The molecule has 1 aliphatic rings. The number of likely N-dealkylation sites (tertiary alicyclic amines) is 1. The van der Waals surface area contributed by atoms with Crippen LogP contribution in [0.2, 0.25) is 5.02 Å². The van der Waals surface area contributed by atoms with Gasteiger partial charge in [-0.05, 0) is 54.3 Å². The highest BCUT2D eigenvalue weighted by molar-refractivity contribution is 7.09. The molecule has 1 N–H and O–H groups in total. The molecule has 8 heteroatoms. The van der Waals surface area contributed by atoms with E-state index in [-0.39, 0.29) is 17.9 Å². The lowest BCUT2D eigenvalue weighted by molar-refractivity contribution is -0.140. The van der Waals surface area contributed by atoms with Crippen molar-refractivity contribution in [2.75, 3.05) is 6.61 Å². The number of pyridine rings is 1. The van der Waals surface area contributed by atoms with Crippen LogP contribution in [-0.4, -0.2) is 33.3 Å². The number of thiophene rings is 1. The van der Waals surface area contributed by atoms with E-state index in [1.807, 2.05) is 24.4 Å². The van der Waals surface area contributed by atoms with E-state index in [1.165, 1.54) is 16.2 Å². The van der Waals surface area contributed by atoms with E-state index >= 15 is 0 Å². The van der Waals surface area contributed by atoms with E-state index in [0.29, 0.717) is 28.5 Å². The summed E-state index contributed by atoms with van der Waals surface area (Å²) in [5, 5.41) is 13.4. The van der Waals surface area contributed by atoms with Gasteiger partial charge in [0.25, 0.3) is 11.7 Å². The van der Waals surface area contributed by atoms with Crippen LogP contribution in [0.15, 0.2) is 65.8 Å². The number of hydrogen-bond acceptors (Lipinski definition) is 6. The van der Waals surface area contributed by atoms with Gasteiger partial charge in [-0.1, -0.05) is 17.7 Å². The number of carbonyl (C=O) groups is 2. The summed E-state index contributed by atoms with van der Waals surface area (Å²) >= 11 is 7.66. The number of nitrogens with zero attached hydrogens (tertiary/aromatic N) is 2. The first kappa shape index (κ1) is 21.1. The minimum absolute atomic E-state index is 0.0255. The monoisotopic (exact) mass is 454 g/mol. The maximum atomic E-state index is 13.0. The second-order valence-electron chi connectivity index (χ2n) is 6.87. The Bertz CT molecular complexity index is 1150. The zero-order chi connectivity index (χ0) is 22.0. The lowest BCUT2D eigenvalue weighted by Crippen LogP contribution is -2.28. The summed E-state index contributed by atoms with van der Waals surface area (Å²) in [7, 11) is 0. The Morgan fingerprint density at radius 3 is 2.68 bits per heavy atom. The number of ketones is 1. The average Bonchev–Trinajstić information content (AvgIpc) is 3.38. The molecule has 1 aliphatic heterocycles. The molecular weight excluding hydrogens is 436 g/mol. The first-order valence-electron chi connectivity index (χ1n) is 9.64. The molecule has 1 unspecified atom stereocenters. The van der Waals surface area contributed by atoms with E-state index < -0.39 is 17.7 Å². The van der Waals surface area contributed by atoms with Crippen LogP contribution in [0, 0.1) is 0 Å². The third-order valence-electron chi connectivity index (χ3n) is 4.97. The summed E-state index contributed by atoms with van der Waals surface area (Å²) in [5.74, 6) is -1.27.